The summed E-state index contributed by atoms with van der Waals surface area (Å²) in [7, 11) is -3.76. The zero-order valence-electron chi connectivity index (χ0n) is 31.0. The third-order valence-electron chi connectivity index (χ3n) is 10.5. The minimum Gasteiger partial charge on any atom is -0.490 e. The molecule has 51 heavy (non-hydrogen) atoms. The number of benzene rings is 1. The largest absolute Gasteiger partial charge is 0.490 e. The van der Waals surface area contributed by atoms with Crippen molar-refractivity contribution in [2.45, 2.75) is 116 Å². The van der Waals surface area contributed by atoms with E-state index in [1.165, 1.54) is 29.1 Å². The summed E-state index contributed by atoms with van der Waals surface area (Å²) >= 11 is 0. The molecule has 2 saturated heterocycles. The van der Waals surface area contributed by atoms with Crippen molar-refractivity contribution in [1.82, 2.24) is 19.9 Å². The highest BCUT2D eigenvalue weighted by Gasteiger charge is 2.34. The van der Waals surface area contributed by atoms with E-state index in [1.807, 2.05) is 49.6 Å². The maximum Gasteiger partial charge on any atom is 0.322 e. The number of carbonyl (C=O) groups is 1. The van der Waals surface area contributed by atoms with Gasteiger partial charge in [-0.15, -0.1) is 0 Å². The molecular weight excluding hydrogens is 665 g/mol. The second-order valence-electron chi connectivity index (χ2n) is 14.5. The van der Waals surface area contributed by atoms with Crippen LogP contribution < -0.4 is 20.1 Å². The number of aryl methyl sites for hydroxylation is 1. The predicted molar refractivity (Wildman–Crippen MR) is 204 cm³/mol. The van der Waals surface area contributed by atoms with E-state index in [1.54, 1.807) is 0 Å². The lowest BCUT2D eigenvalue weighted by atomic mass is 9.92. The number of unbranched alkanes of at least 4 members (excludes halogenated alkanes) is 4. The third-order valence-corrected chi connectivity index (χ3v) is 12.4. The van der Waals surface area contributed by atoms with Crippen LogP contribution in [0, 0.1) is 11.8 Å². The molecule has 0 bridgehead atoms. The minimum absolute atomic E-state index is 0.0418. The van der Waals surface area contributed by atoms with Crippen LogP contribution in [0.1, 0.15) is 108 Å². The quantitative estimate of drug-likeness (QED) is 0.0965. The Labute approximate surface area is 307 Å². The molecule has 3 heterocycles. The molecule has 10 nitrogen and oxygen atoms in total. The molecule has 0 radical (unpaired) electrons. The number of sulfonamides is 1. The molecular formula is C40H64N4O6S. The van der Waals surface area contributed by atoms with Crippen LogP contribution in [0.5, 0.6) is 11.5 Å². The van der Waals surface area contributed by atoms with Crippen LogP contribution in [-0.2, 0) is 27.7 Å². The van der Waals surface area contributed by atoms with Crippen LogP contribution in [0.4, 0.5) is 0 Å². The molecule has 1 aromatic carbocycles. The molecule has 3 N–H and O–H groups in total. The Morgan fingerprint density at radius 3 is 2.06 bits per heavy atom. The van der Waals surface area contributed by atoms with Gasteiger partial charge in [-0.05, 0) is 150 Å². The Morgan fingerprint density at radius 2 is 1.43 bits per heavy atom. The number of carboxylic acids is 1. The standard InChI is InChI=1S/C40H64N4O6S/c1-2-3-30-51(47,48)44(27-7-4-10-33-15-21-41-22-16-33)37(40(45)46)31-36-13-14-38(49-28-8-5-11-34-17-23-42-24-18-34)39(32-36)50-29-9-6-12-35-19-25-43-26-20-35/h13-14,19-20,25-26,32-34,37,41-42H,2-12,15-18,21-24,27-31H2,1H3,(H,45,46). The van der Waals surface area contributed by atoms with Gasteiger partial charge in [-0.3, -0.25) is 9.78 Å². The number of aromatic nitrogens is 1. The number of pyridine rings is 1. The van der Waals surface area contributed by atoms with Crippen molar-refractivity contribution in [1.29, 1.82) is 0 Å². The fourth-order valence-electron chi connectivity index (χ4n) is 7.30. The Kier molecular flexibility index (Phi) is 18.5. The van der Waals surface area contributed by atoms with Gasteiger partial charge in [-0.1, -0.05) is 38.7 Å². The summed E-state index contributed by atoms with van der Waals surface area (Å²) < 4.78 is 41.1. The summed E-state index contributed by atoms with van der Waals surface area (Å²) in [6.07, 6.45) is 18.3. The predicted octanol–water partition coefficient (Wildman–Crippen LogP) is 6.63. The molecule has 286 valence electrons. The molecule has 0 saturated carbocycles. The Hall–Kier alpha value is -2.73. The van der Waals surface area contributed by atoms with Crippen molar-refractivity contribution in [3.05, 3.63) is 53.9 Å². The number of hydrogen-bond donors (Lipinski definition) is 3. The maximum absolute atomic E-state index is 13.6. The molecule has 4 rings (SSSR count). The molecule has 2 fully saturated rings. The molecule has 0 spiro atoms. The number of rotatable bonds is 25. The van der Waals surface area contributed by atoms with Gasteiger partial charge in [-0.2, -0.15) is 4.31 Å². The molecule has 2 aliphatic heterocycles. The van der Waals surface area contributed by atoms with Gasteiger partial charge in [0.05, 0.1) is 19.0 Å². The molecule has 11 heteroatoms. The van der Waals surface area contributed by atoms with Crippen LogP contribution in [0.25, 0.3) is 0 Å². The highest BCUT2D eigenvalue weighted by Crippen LogP contribution is 2.31. The summed E-state index contributed by atoms with van der Waals surface area (Å²) in [5, 5.41) is 17.3. The van der Waals surface area contributed by atoms with Crippen LogP contribution >= 0.6 is 0 Å². The first-order valence-electron chi connectivity index (χ1n) is 19.8. The second-order valence-corrected chi connectivity index (χ2v) is 16.5. The lowest BCUT2D eigenvalue weighted by Crippen LogP contribution is -2.47. The fraction of sp³-hybridized carbons (Fsp3) is 0.700. The number of ether oxygens (including phenoxy) is 2. The van der Waals surface area contributed by atoms with Gasteiger partial charge in [0.2, 0.25) is 10.0 Å². The number of nitrogens with zero attached hydrogens (tertiary/aromatic N) is 2. The van der Waals surface area contributed by atoms with Gasteiger partial charge in [-0.25, -0.2) is 8.42 Å². The maximum atomic E-state index is 13.6. The van der Waals surface area contributed by atoms with Crippen LogP contribution in [0.3, 0.4) is 0 Å². The normalized spacial score (nSPS) is 16.7. The first-order chi connectivity index (χ1) is 24.9. The zero-order valence-corrected chi connectivity index (χ0v) is 31.9. The van der Waals surface area contributed by atoms with E-state index in [-0.39, 0.29) is 18.7 Å². The van der Waals surface area contributed by atoms with Crippen molar-refractivity contribution >= 4 is 16.0 Å². The van der Waals surface area contributed by atoms with E-state index in [0.29, 0.717) is 43.5 Å². The van der Waals surface area contributed by atoms with Gasteiger partial charge in [0, 0.05) is 18.9 Å². The third kappa shape index (κ3) is 15.0. The van der Waals surface area contributed by atoms with Crippen LogP contribution in [0.2, 0.25) is 0 Å². The van der Waals surface area contributed by atoms with E-state index in [2.05, 4.69) is 15.6 Å². The molecule has 0 amide bonds. The molecule has 2 aliphatic rings. The summed E-state index contributed by atoms with van der Waals surface area (Å²) in [5.74, 6) is 1.50. The van der Waals surface area contributed by atoms with Crippen molar-refractivity contribution < 1.29 is 27.8 Å². The lowest BCUT2D eigenvalue weighted by Gasteiger charge is -2.29. The fourth-order valence-corrected chi connectivity index (χ4v) is 9.15. The average molecular weight is 729 g/mol. The smallest absolute Gasteiger partial charge is 0.322 e. The topological polar surface area (TPSA) is 130 Å². The monoisotopic (exact) mass is 728 g/mol. The van der Waals surface area contributed by atoms with Gasteiger partial charge in [0.1, 0.15) is 6.04 Å². The summed E-state index contributed by atoms with van der Waals surface area (Å²) in [6.45, 7) is 7.53. The van der Waals surface area contributed by atoms with Crippen molar-refractivity contribution in [3.8, 4) is 11.5 Å². The molecule has 1 aromatic heterocycles. The van der Waals surface area contributed by atoms with Gasteiger partial charge in [0.25, 0.3) is 0 Å². The first kappa shape index (κ1) is 41.0. The highest BCUT2D eigenvalue weighted by molar-refractivity contribution is 7.89. The summed E-state index contributed by atoms with van der Waals surface area (Å²) in [5.41, 5.74) is 1.96. The van der Waals surface area contributed by atoms with Gasteiger partial charge < -0.3 is 25.2 Å². The SMILES string of the molecule is CCCCS(=O)(=O)N(CCCCC1CCNCC1)C(Cc1ccc(OCCCCC2CCNCC2)c(OCCCCc2ccncc2)c1)C(=O)O. The molecule has 2 aromatic rings. The average Bonchev–Trinajstić information content (AvgIpc) is 3.14. The van der Waals surface area contributed by atoms with Crippen LogP contribution in [-0.4, -0.2) is 86.5 Å². The molecule has 0 aliphatic carbocycles. The van der Waals surface area contributed by atoms with Gasteiger partial charge >= 0.3 is 5.97 Å². The number of aliphatic carboxylic acids is 1. The Bertz CT molecular complexity index is 1370. The van der Waals surface area contributed by atoms with E-state index >= 15 is 0 Å². The number of piperidine rings is 2. The lowest BCUT2D eigenvalue weighted by molar-refractivity contribution is -0.141. The zero-order chi connectivity index (χ0) is 36.2. The summed E-state index contributed by atoms with van der Waals surface area (Å²) in [6, 6.07) is 8.45. The number of nitrogens with one attached hydrogen (secondary N) is 2. The molecule has 1 unspecified atom stereocenters. The van der Waals surface area contributed by atoms with Crippen molar-refractivity contribution in [2.24, 2.45) is 11.8 Å². The first-order valence-corrected chi connectivity index (χ1v) is 21.4. The van der Waals surface area contributed by atoms with E-state index in [0.717, 1.165) is 102 Å². The highest BCUT2D eigenvalue weighted by atomic mass is 32.2. The Balaban J connectivity index is 1.41. The Morgan fingerprint density at radius 1 is 0.824 bits per heavy atom. The minimum atomic E-state index is -3.76. The van der Waals surface area contributed by atoms with Crippen LogP contribution in [0.15, 0.2) is 42.7 Å². The van der Waals surface area contributed by atoms with Crippen molar-refractivity contribution in [2.75, 3.05) is 51.7 Å². The molecule has 1 atom stereocenters. The van der Waals surface area contributed by atoms with Gasteiger partial charge in [0.15, 0.2) is 11.5 Å². The van der Waals surface area contributed by atoms with E-state index in [9.17, 15) is 18.3 Å². The second kappa shape index (κ2) is 23.0. The summed E-state index contributed by atoms with van der Waals surface area (Å²) in [4.78, 5) is 16.9. The van der Waals surface area contributed by atoms with Crippen molar-refractivity contribution in [3.63, 3.8) is 0 Å². The van der Waals surface area contributed by atoms with E-state index < -0.39 is 22.0 Å². The number of carboxylic acid groups (broad SMARTS) is 1. The van der Waals surface area contributed by atoms with E-state index in [4.69, 9.17) is 9.47 Å². The number of hydrogen-bond acceptors (Lipinski definition) is 8.